The average Bonchev–Trinajstić information content (AvgIpc) is 3.33. The molecule has 1 aliphatic rings. The van der Waals surface area contributed by atoms with Crippen LogP contribution >= 0.6 is 0 Å². The molecule has 1 aromatic heterocycles. The van der Waals surface area contributed by atoms with Crippen molar-refractivity contribution < 1.29 is 22.5 Å². The van der Waals surface area contributed by atoms with Crippen molar-refractivity contribution in [3.05, 3.63) is 47.9 Å². The molecule has 0 saturated carbocycles. The minimum atomic E-state index is -3.75. The largest absolute Gasteiger partial charge is 0.384 e. The number of ether oxygens (including phenoxy) is 1. The van der Waals surface area contributed by atoms with Crippen molar-refractivity contribution in [3.63, 3.8) is 0 Å². The van der Waals surface area contributed by atoms with Gasteiger partial charge in [-0.2, -0.15) is 4.31 Å². The first-order valence-electron chi connectivity index (χ1n) is 8.65. The number of amides is 1. The van der Waals surface area contributed by atoms with Crippen LogP contribution in [0.4, 0.5) is 0 Å². The van der Waals surface area contributed by atoms with E-state index in [4.69, 9.17) is 9.26 Å². The third-order valence-electron chi connectivity index (χ3n) is 4.64. The lowest BCUT2D eigenvalue weighted by atomic mass is 10.1. The van der Waals surface area contributed by atoms with E-state index in [0.29, 0.717) is 36.9 Å². The van der Waals surface area contributed by atoms with Gasteiger partial charge in [0.2, 0.25) is 10.0 Å². The van der Waals surface area contributed by atoms with Crippen molar-refractivity contribution in [3.8, 4) is 0 Å². The summed E-state index contributed by atoms with van der Waals surface area (Å²) < 4.78 is 36.7. The van der Waals surface area contributed by atoms with E-state index >= 15 is 0 Å². The molecule has 1 atom stereocenters. The highest BCUT2D eigenvalue weighted by atomic mass is 32.2. The van der Waals surface area contributed by atoms with E-state index in [0.717, 1.165) is 6.42 Å². The number of methoxy groups -OCH3 is 1. The number of sulfonamides is 1. The summed E-state index contributed by atoms with van der Waals surface area (Å²) in [6, 6.07) is 7.76. The fourth-order valence-corrected chi connectivity index (χ4v) is 4.36. The number of nitrogens with zero attached hydrogens (tertiary/aromatic N) is 3. The number of aromatic nitrogens is 1. The van der Waals surface area contributed by atoms with Gasteiger partial charge in [0.25, 0.3) is 5.91 Å². The summed E-state index contributed by atoms with van der Waals surface area (Å²) in [4.78, 5) is 14.6. The van der Waals surface area contributed by atoms with E-state index in [9.17, 15) is 13.2 Å². The number of benzene rings is 1. The molecule has 1 aliphatic heterocycles. The lowest BCUT2D eigenvalue weighted by Gasteiger charge is -2.19. The number of hydrogen-bond acceptors (Lipinski definition) is 6. The molecule has 0 aliphatic carbocycles. The van der Waals surface area contributed by atoms with Gasteiger partial charge in [-0.25, -0.2) is 8.42 Å². The predicted molar refractivity (Wildman–Crippen MR) is 97.5 cm³/mol. The van der Waals surface area contributed by atoms with E-state index in [1.54, 1.807) is 30.2 Å². The van der Waals surface area contributed by atoms with Crippen LogP contribution in [0.2, 0.25) is 0 Å². The van der Waals surface area contributed by atoms with Crippen LogP contribution in [-0.4, -0.2) is 62.5 Å². The summed E-state index contributed by atoms with van der Waals surface area (Å²) in [5, 5.41) is 3.73. The molecule has 0 radical (unpaired) electrons. The second-order valence-electron chi connectivity index (χ2n) is 6.64. The van der Waals surface area contributed by atoms with Crippen LogP contribution < -0.4 is 0 Å². The monoisotopic (exact) mass is 393 g/mol. The van der Waals surface area contributed by atoms with Crippen molar-refractivity contribution in [2.45, 2.75) is 17.9 Å². The first-order valence-corrected chi connectivity index (χ1v) is 10.1. The molecule has 9 heteroatoms. The lowest BCUT2D eigenvalue weighted by Crippen LogP contribution is -2.30. The number of rotatable bonds is 7. The van der Waals surface area contributed by atoms with E-state index < -0.39 is 10.0 Å². The molecule has 1 fully saturated rings. The second kappa shape index (κ2) is 8.20. The molecule has 146 valence electrons. The predicted octanol–water partition coefficient (Wildman–Crippen LogP) is 1.60. The normalized spacial score (nSPS) is 17.6. The van der Waals surface area contributed by atoms with Gasteiger partial charge in [-0.15, -0.1) is 0 Å². The van der Waals surface area contributed by atoms with Crippen molar-refractivity contribution in [1.82, 2.24) is 14.4 Å². The number of hydrogen-bond donors (Lipinski definition) is 0. The van der Waals surface area contributed by atoms with Gasteiger partial charge in [-0.1, -0.05) is 11.2 Å². The smallest absolute Gasteiger partial charge is 0.253 e. The van der Waals surface area contributed by atoms with Crippen LogP contribution in [-0.2, 0) is 21.3 Å². The van der Waals surface area contributed by atoms with Crippen LogP contribution in [0.3, 0.4) is 0 Å². The summed E-state index contributed by atoms with van der Waals surface area (Å²) in [7, 11) is -0.639. The third kappa shape index (κ3) is 4.37. The van der Waals surface area contributed by atoms with E-state index in [-0.39, 0.29) is 17.3 Å². The Balaban J connectivity index is 1.75. The average molecular weight is 393 g/mol. The van der Waals surface area contributed by atoms with E-state index in [2.05, 4.69) is 5.16 Å². The Morgan fingerprint density at radius 1 is 1.41 bits per heavy atom. The Morgan fingerprint density at radius 3 is 2.93 bits per heavy atom. The first kappa shape index (κ1) is 19.5. The van der Waals surface area contributed by atoms with Gasteiger partial charge in [-0.3, -0.25) is 4.79 Å². The minimum Gasteiger partial charge on any atom is -0.384 e. The molecular formula is C18H23N3O5S. The summed E-state index contributed by atoms with van der Waals surface area (Å²) in [5.41, 5.74) is 0.874. The maximum Gasteiger partial charge on any atom is 0.253 e. The maximum absolute atomic E-state index is 12.8. The Bertz CT molecular complexity index is 882. The van der Waals surface area contributed by atoms with Gasteiger partial charge >= 0.3 is 0 Å². The SMILES string of the molecule is COC[C@@H]1CCN(C(=O)c2cccc(S(=O)(=O)N(C)Cc3ccon3)c2)C1. The Hall–Kier alpha value is -2.23. The zero-order valence-corrected chi connectivity index (χ0v) is 16.2. The second-order valence-corrected chi connectivity index (χ2v) is 8.69. The molecule has 1 amide bonds. The summed E-state index contributed by atoms with van der Waals surface area (Å²) in [5.74, 6) is 0.157. The fraction of sp³-hybridized carbons (Fsp3) is 0.444. The zero-order valence-electron chi connectivity index (χ0n) is 15.4. The number of carbonyl (C=O) groups is 1. The first-order chi connectivity index (χ1) is 12.9. The summed E-state index contributed by atoms with van der Waals surface area (Å²) in [6.07, 6.45) is 2.28. The molecule has 0 unspecified atom stereocenters. The Kier molecular flexibility index (Phi) is 5.93. The van der Waals surface area contributed by atoms with Crippen molar-refractivity contribution in [2.75, 3.05) is 33.9 Å². The van der Waals surface area contributed by atoms with Crippen LogP contribution in [0.25, 0.3) is 0 Å². The van der Waals surface area contributed by atoms with E-state index in [1.807, 2.05) is 0 Å². The fourth-order valence-electron chi connectivity index (χ4n) is 3.17. The van der Waals surface area contributed by atoms with Gasteiger partial charge in [0.05, 0.1) is 23.7 Å². The van der Waals surface area contributed by atoms with Crippen LogP contribution in [0.1, 0.15) is 22.5 Å². The number of likely N-dealkylation sites (tertiary alicyclic amines) is 1. The summed E-state index contributed by atoms with van der Waals surface area (Å²) in [6.45, 7) is 1.97. The Labute approximate surface area is 158 Å². The quantitative estimate of drug-likeness (QED) is 0.709. The molecule has 3 rings (SSSR count). The highest BCUT2D eigenvalue weighted by Crippen LogP contribution is 2.22. The van der Waals surface area contributed by atoms with Crippen molar-refractivity contribution >= 4 is 15.9 Å². The molecule has 1 saturated heterocycles. The summed E-state index contributed by atoms with van der Waals surface area (Å²) >= 11 is 0. The lowest BCUT2D eigenvalue weighted by molar-refractivity contribution is 0.0775. The molecule has 0 bridgehead atoms. The van der Waals surface area contributed by atoms with E-state index in [1.165, 1.54) is 29.7 Å². The zero-order chi connectivity index (χ0) is 19.4. The van der Waals surface area contributed by atoms with Crippen molar-refractivity contribution in [2.24, 2.45) is 5.92 Å². The third-order valence-corrected chi connectivity index (χ3v) is 6.44. The maximum atomic E-state index is 12.8. The highest BCUT2D eigenvalue weighted by molar-refractivity contribution is 7.89. The molecule has 27 heavy (non-hydrogen) atoms. The molecule has 1 aromatic carbocycles. The van der Waals surface area contributed by atoms with Gasteiger partial charge < -0.3 is 14.2 Å². The Morgan fingerprint density at radius 2 is 2.22 bits per heavy atom. The van der Waals surface area contributed by atoms with Crippen LogP contribution in [0.15, 0.2) is 46.0 Å². The molecule has 2 aromatic rings. The molecular weight excluding hydrogens is 370 g/mol. The topological polar surface area (TPSA) is 93.0 Å². The van der Waals surface area contributed by atoms with Gasteiger partial charge in [0.15, 0.2) is 0 Å². The molecule has 8 nitrogen and oxygen atoms in total. The highest BCUT2D eigenvalue weighted by Gasteiger charge is 2.28. The molecule has 0 N–H and O–H groups in total. The van der Waals surface area contributed by atoms with Crippen molar-refractivity contribution in [1.29, 1.82) is 0 Å². The molecule has 2 heterocycles. The van der Waals surface area contributed by atoms with Gasteiger partial charge in [0, 0.05) is 44.8 Å². The molecule has 0 spiro atoms. The minimum absolute atomic E-state index is 0.0759. The van der Waals surface area contributed by atoms with Gasteiger partial charge in [-0.05, 0) is 24.6 Å². The number of carbonyl (C=O) groups excluding carboxylic acids is 1. The standard InChI is InChI=1S/C18H23N3O5S/c1-20(12-16-7-9-26-19-16)27(23,24)17-5-3-4-15(10-17)18(22)21-8-6-14(11-21)13-25-2/h3-5,7,9-10,14H,6,8,11-13H2,1-2H3/t14-/m1/s1. The van der Waals surface area contributed by atoms with Crippen LogP contribution in [0.5, 0.6) is 0 Å². The van der Waals surface area contributed by atoms with Crippen LogP contribution in [0, 0.1) is 5.92 Å². The van der Waals surface area contributed by atoms with Gasteiger partial charge in [0.1, 0.15) is 6.26 Å².